The first-order chi connectivity index (χ1) is 13.1. The fourth-order valence-corrected chi connectivity index (χ4v) is 3.67. The molecular weight excluding hydrogens is 344 g/mol. The summed E-state index contributed by atoms with van der Waals surface area (Å²) in [4.78, 5) is 16.0. The molecule has 0 saturated heterocycles. The molecule has 2 aromatic carbocycles. The van der Waals surface area contributed by atoms with Crippen LogP contribution in [-0.2, 0) is 6.42 Å². The number of amides is 1. The summed E-state index contributed by atoms with van der Waals surface area (Å²) >= 11 is 0. The molecular formula is C21H22N2O4. The Kier molecular flexibility index (Phi) is 4.39. The predicted molar refractivity (Wildman–Crippen MR) is 103 cm³/mol. The van der Waals surface area contributed by atoms with Crippen molar-refractivity contribution in [3.63, 3.8) is 0 Å². The van der Waals surface area contributed by atoms with Gasteiger partial charge in [0.2, 0.25) is 0 Å². The number of hydrogen-bond acceptors (Lipinski definition) is 4. The Balaban J connectivity index is 1.58. The summed E-state index contributed by atoms with van der Waals surface area (Å²) in [5.74, 6) is 2.02. The summed E-state index contributed by atoms with van der Waals surface area (Å²) < 4.78 is 16.0. The standard InChI is InChI=1S/C21H22N2O4/c1-25-14-6-4-13-8-18(22-17(13)10-14)21(24)23-16-7-5-12-9-19(26-2)20(27-3)11-15(12)16/h4,6,8-11,16,22H,5,7H2,1-3H3,(H,23,24). The maximum atomic E-state index is 12.8. The van der Waals surface area contributed by atoms with E-state index in [4.69, 9.17) is 14.2 Å². The first kappa shape index (κ1) is 17.3. The molecule has 27 heavy (non-hydrogen) atoms. The highest BCUT2D eigenvalue weighted by Crippen LogP contribution is 2.39. The van der Waals surface area contributed by atoms with Gasteiger partial charge in [-0.05, 0) is 54.3 Å². The van der Waals surface area contributed by atoms with Crippen molar-refractivity contribution in [2.45, 2.75) is 18.9 Å². The van der Waals surface area contributed by atoms with Gasteiger partial charge in [-0.1, -0.05) is 0 Å². The molecule has 1 aliphatic rings. The van der Waals surface area contributed by atoms with E-state index in [9.17, 15) is 4.79 Å². The van der Waals surface area contributed by atoms with Gasteiger partial charge in [0, 0.05) is 17.0 Å². The maximum absolute atomic E-state index is 12.8. The van der Waals surface area contributed by atoms with E-state index in [0.717, 1.165) is 35.1 Å². The average Bonchev–Trinajstić information content (AvgIpc) is 3.29. The van der Waals surface area contributed by atoms with E-state index in [1.165, 1.54) is 5.56 Å². The number of aryl methyl sites for hydroxylation is 1. The van der Waals surface area contributed by atoms with Crippen molar-refractivity contribution in [3.8, 4) is 17.2 Å². The molecule has 0 spiro atoms. The van der Waals surface area contributed by atoms with Crippen molar-refractivity contribution in [1.29, 1.82) is 0 Å². The van der Waals surface area contributed by atoms with Gasteiger partial charge in [-0.2, -0.15) is 0 Å². The predicted octanol–water partition coefficient (Wildman–Crippen LogP) is 3.61. The maximum Gasteiger partial charge on any atom is 0.268 e. The van der Waals surface area contributed by atoms with Crippen molar-refractivity contribution in [3.05, 3.63) is 53.2 Å². The zero-order valence-electron chi connectivity index (χ0n) is 15.6. The van der Waals surface area contributed by atoms with Crippen LogP contribution in [0.3, 0.4) is 0 Å². The number of ether oxygens (including phenoxy) is 3. The molecule has 1 amide bonds. The molecule has 6 nitrogen and oxygen atoms in total. The van der Waals surface area contributed by atoms with Crippen LogP contribution in [0.25, 0.3) is 10.9 Å². The zero-order chi connectivity index (χ0) is 19.0. The molecule has 0 saturated carbocycles. The summed E-state index contributed by atoms with van der Waals surface area (Å²) in [6.07, 6.45) is 1.75. The van der Waals surface area contributed by atoms with Gasteiger partial charge in [0.15, 0.2) is 11.5 Å². The number of benzene rings is 2. The van der Waals surface area contributed by atoms with E-state index in [1.807, 2.05) is 36.4 Å². The largest absolute Gasteiger partial charge is 0.497 e. The third kappa shape index (κ3) is 3.07. The molecule has 1 atom stereocenters. The number of nitrogens with one attached hydrogen (secondary N) is 2. The summed E-state index contributed by atoms with van der Waals surface area (Å²) in [6, 6.07) is 11.5. The minimum Gasteiger partial charge on any atom is -0.497 e. The summed E-state index contributed by atoms with van der Waals surface area (Å²) in [7, 11) is 4.87. The first-order valence-corrected chi connectivity index (χ1v) is 8.85. The van der Waals surface area contributed by atoms with E-state index in [-0.39, 0.29) is 11.9 Å². The molecule has 140 valence electrons. The van der Waals surface area contributed by atoms with E-state index in [2.05, 4.69) is 10.3 Å². The van der Waals surface area contributed by atoms with Crippen LogP contribution in [0.1, 0.15) is 34.1 Å². The molecule has 0 fully saturated rings. The Labute approximate surface area is 157 Å². The van der Waals surface area contributed by atoms with Crippen LogP contribution in [0.5, 0.6) is 17.2 Å². The van der Waals surface area contributed by atoms with Gasteiger partial charge < -0.3 is 24.5 Å². The summed E-state index contributed by atoms with van der Waals surface area (Å²) in [6.45, 7) is 0. The molecule has 3 aromatic rings. The van der Waals surface area contributed by atoms with Crippen LogP contribution < -0.4 is 19.5 Å². The monoisotopic (exact) mass is 366 g/mol. The Hall–Kier alpha value is -3.15. The lowest BCUT2D eigenvalue weighted by atomic mass is 10.1. The van der Waals surface area contributed by atoms with E-state index < -0.39 is 0 Å². The van der Waals surface area contributed by atoms with Crippen LogP contribution >= 0.6 is 0 Å². The normalized spacial score (nSPS) is 15.4. The number of aromatic amines is 1. The highest BCUT2D eigenvalue weighted by atomic mass is 16.5. The first-order valence-electron chi connectivity index (χ1n) is 8.85. The minimum absolute atomic E-state index is 0.0479. The minimum atomic E-state index is -0.127. The van der Waals surface area contributed by atoms with Crippen LogP contribution in [0.4, 0.5) is 0 Å². The third-order valence-electron chi connectivity index (χ3n) is 5.10. The van der Waals surface area contributed by atoms with E-state index in [1.54, 1.807) is 21.3 Å². The van der Waals surface area contributed by atoms with Crippen LogP contribution in [0, 0.1) is 0 Å². The Morgan fingerprint density at radius 1 is 1.04 bits per heavy atom. The SMILES string of the molecule is COc1ccc2cc(C(=O)NC3CCc4cc(OC)c(OC)cc43)[nH]c2c1. The fraction of sp³-hybridized carbons (Fsp3) is 0.286. The van der Waals surface area contributed by atoms with Gasteiger partial charge in [-0.3, -0.25) is 4.79 Å². The van der Waals surface area contributed by atoms with Crippen molar-refractivity contribution < 1.29 is 19.0 Å². The second-order valence-corrected chi connectivity index (χ2v) is 6.61. The smallest absolute Gasteiger partial charge is 0.268 e. The van der Waals surface area contributed by atoms with Crippen LogP contribution in [-0.4, -0.2) is 32.2 Å². The van der Waals surface area contributed by atoms with Crippen molar-refractivity contribution in [2.75, 3.05) is 21.3 Å². The number of H-pyrrole nitrogens is 1. The number of rotatable bonds is 5. The molecule has 1 aromatic heterocycles. The molecule has 2 N–H and O–H groups in total. The molecule has 0 radical (unpaired) electrons. The highest BCUT2D eigenvalue weighted by molar-refractivity contribution is 5.98. The summed E-state index contributed by atoms with van der Waals surface area (Å²) in [5, 5.41) is 4.10. The van der Waals surface area contributed by atoms with Crippen molar-refractivity contribution in [2.24, 2.45) is 0 Å². The third-order valence-corrected chi connectivity index (χ3v) is 5.10. The molecule has 4 rings (SSSR count). The Bertz CT molecular complexity index is 1010. The highest BCUT2D eigenvalue weighted by Gasteiger charge is 2.27. The molecule has 0 bridgehead atoms. The van der Waals surface area contributed by atoms with Crippen molar-refractivity contribution in [1.82, 2.24) is 10.3 Å². The van der Waals surface area contributed by atoms with Crippen molar-refractivity contribution >= 4 is 16.8 Å². The molecule has 1 unspecified atom stereocenters. The van der Waals surface area contributed by atoms with E-state index in [0.29, 0.717) is 17.2 Å². The Morgan fingerprint density at radius 3 is 2.56 bits per heavy atom. The number of carbonyl (C=O) groups excluding carboxylic acids is 1. The lowest BCUT2D eigenvalue weighted by Gasteiger charge is -2.16. The van der Waals surface area contributed by atoms with Gasteiger partial charge in [0.1, 0.15) is 11.4 Å². The number of fused-ring (bicyclic) bond motifs is 2. The molecule has 0 aliphatic heterocycles. The molecule has 6 heteroatoms. The van der Waals surface area contributed by atoms with Crippen LogP contribution in [0.2, 0.25) is 0 Å². The number of hydrogen-bond donors (Lipinski definition) is 2. The van der Waals surface area contributed by atoms with E-state index >= 15 is 0 Å². The quantitative estimate of drug-likeness (QED) is 0.724. The fourth-order valence-electron chi connectivity index (χ4n) is 3.67. The van der Waals surface area contributed by atoms with Gasteiger partial charge in [0.25, 0.3) is 5.91 Å². The Morgan fingerprint density at radius 2 is 1.81 bits per heavy atom. The van der Waals surface area contributed by atoms with Gasteiger partial charge in [-0.15, -0.1) is 0 Å². The lowest BCUT2D eigenvalue weighted by Crippen LogP contribution is -2.27. The molecule has 1 heterocycles. The lowest BCUT2D eigenvalue weighted by molar-refractivity contribution is 0.0932. The zero-order valence-corrected chi connectivity index (χ0v) is 15.6. The second kappa shape index (κ2) is 6.87. The summed E-state index contributed by atoms with van der Waals surface area (Å²) in [5.41, 5.74) is 3.67. The second-order valence-electron chi connectivity index (χ2n) is 6.61. The van der Waals surface area contributed by atoms with Gasteiger partial charge in [-0.25, -0.2) is 0 Å². The number of aromatic nitrogens is 1. The number of methoxy groups -OCH3 is 3. The topological polar surface area (TPSA) is 72.6 Å². The van der Waals surface area contributed by atoms with Gasteiger partial charge >= 0.3 is 0 Å². The van der Waals surface area contributed by atoms with Gasteiger partial charge in [0.05, 0.1) is 27.4 Å². The molecule has 1 aliphatic carbocycles. The number of carbonyl (C=O) groups is 1. The van der Waals surface area contributed by atoms with Crippen LogP contribution in [0.15, 0.2) is 36.4 Å². The average molecular weight is 366 g/mol.